The van der Waals surface area contributed by atoms with Gasteiger partial charge in [-0.3, -0.25) is 0 Å². The minimum atomic E-state index is 0.174. The van der Waals surface area contributed by atoms with Crippen molar-refractivity contribution < 1.29 is 4.74 Å². The highest BCUT2D eigenvalue weighted by molar-refractivity contribution is 6.28. The molecule has 1 aliphatic carbocycles. The van der Waals surface area contributed by atoms with Gasteiger partial charge in [0.1, 0.15) is 0 Å². The average Bonchev–Trinajstić information content (AvgIpc) is 2.38. The molecular formula is C12H19ClN4O. The standard InChI is InChI=1S/C12H19ClN4O/c1-8-4-6-9(7-5-8)17(2)11-14-10(13)15-12(16-11)18-3/h8-9H,4-7H2,1-3H3. The van der Waals surface area contributed by atoms with Crippen molar-refractivity contribution in [3.8, 4) is 6.01 Å². The van der Waals surface area contributed by atoms with Gasteiger partial charge in [0.25, 0.3) is 0 Å². The lowest BCUT2D eigenvalue weighted by molar-refractivity contribution is 0.336. The molecule has 1 saturated carbocycles. The zero-order valence-corrected chi connectivity index (χ0v) is 11.8. The summed E-state index contributed by atoms with van der Waals surface area (Å²) >= 11 is 5.87. The normalized spacial score (nSPS) is 23.8. The number of hydrogen-bond acceptors (Lipinski definition) is 5. The van der Waals surface area contributed by atoms with Crippen LogP contribution in [0.15, 0.2) is 0 Å². The predicted octanol–water partition coefficient (Wildman–Crippen LogP) is 2.55. The average molecular weight is 271 g/mol. The molecular weight excluding hydrogens is 252 g/mol. The number of hydrogen-bond donors (Lipinski definition) is 0. The Morgan fingerprint density at radius 2 is 1.83 bits per heavy atom. The van der Waals surface area contributed by atoms with Gasteiger partial charge in [-0.15, -0.1) is 0 Å². The summed E-state index contributed by atoms with van der Waals surface area (Å²) in [5, 5.41) is 0.174. The van der Waals surface area contributed by atoms with Crippen LogP contribution in [0, 0.1) is 5.92 Å². The topological polar surface area (TPSA) is 51.1 Å². The molecule has 0 atom stereocenters. The summed E-state index contributed by atoms with van der Waals surface area (Å²) < 4.78 is 5.02. The minimum Gasteiger partial charge on any atom is -0.467 e. The SMILES string of the molecule is COc1nc(Cl)nc(N(C)C2CCC(C)CC2)n1. The van der Waals surface area contributed by atoms with Crippen molar-refractivity contribution in [1.82, 2.24) is 15.0 Å². The van der Waals surface area contributed by atoms with Crippen LogP contribution in [0.5, 0.6) is 6.01 Å². The van der Waals surface area contributed by atoms with Crippen molar-refractivity contribution in [2.75, 3.05) is 19.1 Å². The van der Waals surface area contributed by atoms with Crippen LogP contribution >= 0.6 is 11.6 Å². The van der Waals surface area contributed by atoms with E-state index in [9.17, 15) is 0 Å². The fourth-order valence-corrected chi connectivity index (χ4v) is 2.51. The molecule has 0 aliphatic heterocycles. The Morgan fingerprint density at radius 1 is 1.17 bits per heavy atom. The first kappa shape index (κ1) is 13.3. The van der Waals surface area contributed by atoms with Crippen LogP contribution in [0.3, 0.4) is 0 Å². The summed E-state index contributed by atoms with van der Waals surface area (Å²) in [5.41, 5.74) is 0. The number of methoxy groups -OCH3 is 1. The molecule has 1 aromatic heterocycles. The van der Waals surface area contributed by atoms with Crippen LogP contribution in [0.1, 0.15) is 32.6 Å². The van der Waals surface area contributed by atoms with Gasteiger partial charge in [0.2, 0.25) is 11.2 Å². The van der Waals surface area contributed by atoms with Gasteiger partial charge in [-0.2, -0.15) is 15.0 Å². The van der Waals surface area contributed by atoms with Gasteiger partial charge in [0.15, 0.2) is 0 Å². The van der Waals surface area contributed by atoms with Crippen molar-refractivity contribution in [2.45, 2.75) is 38.6 Å². The molecule has 0 spiro atoms. The largest absolute Gasteiger partial charge is 0.467 e. The first-order chi connectivity index (χ1) is 8.60. The monoisotopic (exact) mass is 270 g/mol. The third kappa shape index (κ3) is 3.02. The Hall–Kier alpha value is -1.10. The van der Waals surface area contributed by atoms with E-state index in [4.69, 9.17) is 16.3 Å². The van der Waals surface area contributed by atoms with E-state index in [1.807, 2.05) is 7.05 Å². The van der Waals surface area contributed by atoms with Crippen LogP contribution in [-0.2, 0) is 0 Å². The summed E-state index contributed by atoms with van der Waals surface area (Å²) in [5.74, 6) is 1.41. The minimum absolute atomic E-state index is 0.174. The molecule has 100 valence electrons. The molecule has 0 bridgehead atoms. The van der Waals surface area contributed by atoms with E-state index in [1.54, 1.807) is 0 Å². The number of anilines is 1. The molecule has 1 heterocycles. The zero-order chi connectivity index (χ0) is 13.1. The third-order valence-corrected chi connectivity index (χ3v) is 3.78. The highest BCUT2D eigenvalue weighted by Crippen LogP contribution is 2.28. The van der Waals surface area contributed by atoms with Crippen molar-refractivity contribution in [3.05, 3.63) is 5.28 Å². The number of halogens is 1. The van der Waals surface area contributed by atoms with Crippen LogP contribution in [-0.4, -0.2) is 35.2 Å². The summed E-state index contributed by atoms with van der Waals surface area (Å²) in [4.78, 5) is 14.4. The first-order valence-corrected chi connectivity index (χ1v) is 6.66. The second kappa shape index (κ2) is 5.69. The Kier molecular flexibility index (Phi) is 4.22. The van der Waals surface area contributed by atoms with Crippen molar-refractivity contribution in [1.29, 1.82) is 0 Å². The highest BCUT2D eigenvalue weighted by atomic mass is 35.5. The molecule has 0 N–H and O–H groups in total. The Balaban J connectivity index is 2.12. The summed E-state index contributed by atoms with van der Waals surface area (Å²) in [6, 6.07) is 0.741. The van der Waals surface area contributed by atoms with E-state index in [0.717, 1.165) is 5.92 Å². The smallest absolute Gasteiger partial charge is 0.322 e. The van der Waals surface area contributed by atoms with Gasteiger partial charge in [-0.25, -0.2) is 0 Å². The Labute approximate surface area is 113 Å². The van der Waals surface area contributed by atoms with E-state index >= 15 is 0 Å². The number of aromatic nitrogens is 3. The summed E-state index contributed by atoms with van der Waals surface area (Å²) in [6.07, 6.45) is 4.85. The molecule has 1 aliphatic rings. The molecule has 0 unspecified atom stereocenters. The molecule has 5 nitrogen and oxygen atoms in total. The van der Waals surface area contributed by atoms with E-state index in [2.05, 4.69) is 26.8 Å². The summed E-state index contributed by atoms with van der Waals surface area (Å²) in [7, 11) is 3.53. The number of ether oxygens (including phenoxy) is 1. The maximum atomic E-state index is 5.87. The predicted molar refractivity (Wildman–Crippen MR) is 71.2 cm³/mol. The molecule has 1 fully saturated rings. The number of rotatable bonds is 3. The molecule has 6 heteroatoms. The second-order valence-corrected chi connectivity index (χ2v) is 5.25. The van der Waals surface area contributed by atoms with Crippen molar-refractivity contribution in [3.63, 3.8) is 0 Å². The molecule has 0 amide bonds. The maximum Gasteiger partial charge on any atom is 0.322 e. The van der Waals surface area contributed by atoms with E-state index in [-0.39, 0.29) is 11.3 Å². The van der Waals surface area contributed by atoms with E-state index < -0.39 is 0 Å². The zero-order valence-electron chi connectivity index (χ0n) is 11.1. The van der Waals surface area contributed by atoms with Gasteiger partial charge < -0.3 is 9.64 Å². The molecule has 0 radical (unpaired) electrons. The second-order valence-electron chi connectivity index (χ2n) is 4.92. The Bertz CT molecular complexity index is 407. The summed E-state index contributed by atoms with van der Waals surface area (Å²) in [6.45, 7) is 2.30. The van der Waals surface area contributed by atoms with Gasteiger partial charge in [-0.05, 0) is 43.2 Å². The van der Waals surface area contributed by atoms with Gasteiger partial charge in [0.05, 0.1) is 7.11 Å². The molecule has 18 heavy (non-hydrogen) atoms. The van der Waals surface area contributed by atoms with Crippen LogP contribution in [0.2, 0.25) is 5.28 Å². The third-order valence-electron chi connectivity index (χ3n) is 3.61. The first-order valence-electron chi connectivity index (χ1n) is 6.28. The molecule has 0 aromatic carbocycles. The Morgan fingerprint density at radius 3 is 2.44 bits per heavy atom. The highest BCUT2D eigenvalue weighted by Gasteiger charge is 2.24. The quantitative estimate of drug-likeness (QED) is 0.845. The molecule has 2 rings (SSSR count). The van der Waals surface area contributed by atoms with Crippen molar-refractivity contribution >= 4 is 17.5 Å². The lowest BCUT2D eigenvalue weighted by atomic mass is 9.87. The van der Waals surface area contributed by atoms with Gasteiger partial charge in [0, 0.05) is 13.1 Å². The van der Waals surface area contributed by atoms with Gasteiger partial charge >= 0.3 is 6.01 Å². The van der Waals surface area contributed by atoms with E-state index in [1.165, 1.54) is 32.8 Å². The van der Waals surface area contributed by atoms with Crippen LogP contribution in [0.4, 0.5) is 5.95 Å². The lowest BCUT2D eigenvalue weighted by Gasteiger charge is -2.33. The lowest BCUT2D eigenvalue weighted by Crippen LogP contribution is -2.36. The molecule has 1 aromatic rings. The van der Waals surface area contributed by atoms with Crippen LogP contribution in [0.25, 0.3) is 0 Å². The fraction of sp³-hybridized carbons (Fsp3) is 0.750. The fourth-order valence-electron chi connectivity index (χ4n) is 2.36. The van der Waals surface area contributed by atoms with Crippen LogP contribution < -0.4 is 9.64 Å². The molecule has 0 saturated heterocycles. The van der Waals surface area contributed by atoms with E-state index in [0.29, 0.717) is 12.0 Å². The van der Waals surface area contributed by atoms with Crippen molar-refractivity contribution in [2.24, 2.45) is 5.92 Å². The number of nitrogens with zero attached hydrogens (tertiary/aromatic N) is 4. The maximum absolute atomic E-state index is 5.87. The van der Waals surface area contributed by atoms with Gasteiger partial charge in [-0.1, -0.05) is 6.92 Å².